The Kier molecular flexibility index (Phi) is 6.04. The number of carbonyl (C=O) groups excluding carboxylic acids is 2. The standard InChI is InChI=1S/C24H17Cl2N3O3/c25-17-7-8-19(21(11-17)32-23-15(12-27)4-2-6-20(23)26)16-10-22(30)29(13-16)18-5-1-3-14(9-18)24(28)31/h1-9,11,16H,10,13H2,(H2,28,31)/t16-/m0/s1. The van der Waals surface area contributed by atoms with E-state index in [1.807, 2.05) is 6.07 Å². The number of halogens is 2. The van der Waals surface area contributed by atoms with Gasteiger partial charge in [0.05, 0.1) is 10.6 Å². The second-order valence-electron chi connectivity index (χ2n) is 7.33. The Labute approximate surface area is 194 Å². The maximum atomic E-state index is 12.8. The topological polar surface area (TPSA) is 96.4 Å². The second kappa shape index (κ2) is 8.91. The van der Waals surface area contributed by atoms with E-state index >= 15 is 0 Å². The molecule has 4 rings (SSSR count). The predicted octanol–water partition coefficient (Wildman–Crippen LogP) is 5.28. The molecule has 32 heavy (non-hydrogen) atoms. The van der Waals surface area contributed by atoms with Gasteiger partial charge in [-0.25, -0.2) is 0 Å². The summed E-state index contributed by atoms with van der Waals surface area (Å²) in [6.07, 6.45) is 0.242. The first-order valence-corrected chi connectivity index (χ1v) is 10.5. The lowest BCUT2D eigenvalue weighted by Crippen LogP contribution is -2.24. The zero-order valence-corrected chi connectivity index (χ0v) is 18.2. The van der Waals surface area contributed by atoms with Crippen LogP contribution >= 0.6 is 23.2 Å². The summed E-state index contributed by atoms with van der Waals surface area (Å²) in [7, 11) is 0. The number of hydrogen-bond donors (Lipinski definition) is 1. The van der Waals surface area contributed by atoms with Crippen LogP contribution in [0.15, 0.2) is 60.7 Å². The summed E-state index contributed by atoms with van der Waals surface area (Å²) in [5.74, 6) is -0.187. The quantitative estimate of drug-likeness (QED) is 0.554. The van der Waals surface area contributed by atoms with Crippen molar-refractivity contribution in [3.05, 3.63) is 87.4 Å². The number of carbonyl (C=O) groups is 2. The van der Waals surface area contributed by atoms with Gasteiger partial charge in [0.2, 0.25) is 11.8 Å². The van der Waals surface area contributed by atoms with Gasteiger partial charge in [-0.3, -0.25) is 9.59 Å². The number of nitriles is 1. The molecule has 0 bridgehead atoms. The molecule has 0 unspecified atom stereocenters. The van der Waals surface area contributed by atoms with Crippen LogP contribution in [0.1, 0.15) is 33.8 Å². The summed E-state index contributed by atoms with van der Waals surface area (Å²) in [5, 5.41) is 10.2. The summed E-state index contributed by atoms with van der Waals surface area (Å²) in [6.45, 7) is 0.382. The number of primary amides is 1. The van der Waals surface area contributed by atoms with Crippen molar-refractivity contribution in [2.45, 2.75) is 12.3 Å². The maximum Gasteiger partial charge on any atom is 0.248 e. The Balaban J connectivity index is 1.67. The molecule has 1 heterocycles. The van der Waals surface area contributed by atoms with Crippen molar-refractivity contribution in [1.82, 2.24) is 0 Å². The Bertz CT molecular complexity index is 1270. The first-order chi connectivity index (χ1) is 15.4. The van der Waals surface area contributed by atoms with Crippen molar-refractivity contribution in [3.63, 3.8) is 0 Å². The molecule has 1 saturated heterocycles. The fraction of sp³-hybridized carbons (Fsp3) is 0.125. The minimum Gasteiger partial charge on any atom is -0.454 e. The van der Waals surface area contributed by atoms with Crippen LogP contribution in [0.25, 0.3) is 0 Å². The van der Waals surface area contributed by atoms with E-state index in [0.717, 1.165) is 5.56 Å². The number of para-hydroxylation sites is 1. The molecule has 1 atom stereocenters. The number of ether oxygens (including phenoxy) is 1. The number of anilines is 1. The van der Waals surface area contributed by atoms with Gasteiger partial charge in [0.25, 0.3) is 0 Å². The van der Waals surface area contributed by atoms with Crippen LogP contribution in [0.3, 0.4) is 0 Å². The minimum atomic E-state index is -0.559. The highest BCUT2D eigenvalue weighted by molar-refractivity contribution is 6.32. The normalized spacial score (nSPS) is 15.5. The van der Waals surface area contributed by atoms with E-state index in [2.05, 4.69) is 6.07 Å². The van der Waals surface area contributed by atoms with Gasteiger partial charge < -0.3 is 15.4 Å². The van der Waals surface area contributed by atoms with Crippen LogP contribution in [0.5, 0.6) is 11.5 Å². The summed E-state index contributed by atoms with van der Waals surface area (Å²) < 4.78 is 6.05. The molecule has 3 aromatic carbocycles. The average Bonchev–Trinajstić information content (AvgIpc) is 3.16. The van der Waals surface area contributed by atoms with Crippen LogP contribution in [-0.2, 0) is 4.79 Å². The highest BCUT2D eigenvalue weighted by atomic mass is 35.5. The number of nitrogens with two attached hydrogens (primary N) is 1. The second-order valence-corrected chi connectivity index (χ2v) is 8.18. The lowest BCUT2D eigenvalue weighted by atomic mass is 9.97. The van der Waals surface area contributed by atoms with Gasteiger partial charge in [0.15, 0.2) is 5.75 Å². The lowest BCUT2D eigenvalue weighted by Gasteiger charge is -2.19. The van der Waals surface area contributed by atoms with Gasteiger partial charge in [0.1, 0.15) is 11.8 Å². The first-order valence-electron chi connectivity index (χ1n) is 9.73. The van der Waals surface area contributed by atoms with Crippen LogP contribution in [0, 0.1) is 11.3 Å². The zero-order valence-electron chi connectivity index (χ0n) is 16.7. The molecule has 8 heteroatoms. The van der Waals surface area contributed by atoms with Gasteiger partial charge in [-0.1, -0.05) is 41.4 Å². The third-order valence-corrected chi connectivity index (χ3v) is 5.82. The smallest absolute Gasteiger partial charge is 0.248 e. The molecule has 2 N–H and O–H groups in total. The monoisotopic (exact) mass is 465 g/mol. The van der Waals surface area contributed by atoms with Gasteiger partial charge >= 0.3 is 0 Å². The molecule has 0 aromatic heterocycles. The van der Waals surface area contributed by atoms with E-state index in [9.17, 15) is 14.9 Å². The molecule has 1 fully saturated rings. The van der Waals surface area contributed by atoms with Crippen molar-refractivity contribution >= 4 is 40.7 Å². The Morgan fingerprint density at radius 3 is 2.66 bits per heavy atom. The molecule has 3 aromatic rings. The number of amides is 2. The van der Waals surface area contributed by atoms with Crippen molar-refractivity contribution in [2.75, 3.05) is 11.4 Å². The molecule has 1 aliphatic rings. The Hall–Kier alpha value is -3.53. The van der Waals surface area contributed by atoms with E-state index < -0.39 is 5.91 Å². The van der Waals surface area contributed by atoms with Crippen molar-refractivity contribution < 1.29 is 14.3 Å². The third kappa shape index (κ3) is 4.26. The molecule has 1 aliphatic heterocycles. The van der Waals surface area contributed by atoms with Gasteiger partial charge in [0, 0.05) is 40.7 Å². The number of hydrogen-bond acceptors (Lipinski definition) is 4. The molecule has 0 radical (unpaired) electrons. The van der Waals surface area contributed by atoms with E-state index in [-0.39, 0.29) is 29.6 Å². The van der Waals surface area contributed by atoms with Crippen LogP contribution in [0.4, 0.5) is 5.69 Å². The first kappa shape index (κ1) is 21.7. The lowest BCUT2D eigenvalue weighted by molar-refractivity contribution is -0.117. The SMILES string of the molecule is N#Cc1cccc(Cl)c1Oc1cc(Cl)ccc1[C@H]1CC(=O)N(c2cccc(C(N)=O)c2)C1. The number of nitrogens with zero attached hydrogens (tertiary/aromatic N) is 2. The van der Waals surface area contributed by atoms with Crippen LogP contribution in [0.2, 0.25) is 10.0 Å². The summed E-state index contributed by atoms with van der Waals surface area (Å²) in [5.41, 5.74) is 7.35. The van der Waals surface area contributed by atoms with Crippen LogP contribution < -0.4 is 15.4 Å². The largest absolute Gasteiger partial charge is 0.454 e. The summed E-state index contributed by atoms with van der Waals surface area (Å²) in [4.78, 5) is 25.9. The maximum absolute atomic E-state index is 12.8. The molecule has 0 spiro atoms. The highest BCUT2D eigenvalue weighted by Gasteiger charge is 2.33. The van der Waals surface area contributed by atoms with Crippen molar-refractivity contribution in [3.8, 4) is 17.6 Å². The summed E-state index contributed by atoms with van der Waals surface area (Å²) in [6, 6.07) is 18.8. The third-order valence-electron chi connectivity index (χ3n) is 5.28. The molecule has 6 nitrogen and oxygen atoms in total. The fourth-order valence-corrected chi connectivity index (χ4v) is 4.11. The van der Waals surface area contributed by atoms with E-state index in [0.29, 0.717) is 33.6 Å². The van der Waals surface area contributed by atoms with Crippen molar-refractivity contribution in [1.29, 1.82) is 5.26 Å². The fourth-order valence-electron chi connectivity index (χ4n) is 3.74. The molecule has 0 aliphatic carbocycles. The predicted molar refractivity (Wildman–Crippen MR) is 122 cm³/mol. The molecular formula is C24H17Cl2N3O3. The highest BCUT2D eigenvalue weighted by Crippen LogP contribution is 2.41. The Morgan fingerprint density at radius 1 is 1.12 bits per heavy atom. The average molecular weight is 466 g/mol. The van der Waals surface area contributed by atoms with E-state index in [1.54, 1.807) is 59.5 Å². The molecular weight excluding hydrogens is 449 g/mol. The van der Waals surface area contributed by atoms with Gasteiger partial charge in [-0.05, 0) is 42.5 Å². The Morgan fingerprint density at radius 2 is 1.91 bits per heavy atom. The molecule has 160 valence electrons. The van der Waals surface area contributed by atoms with Crippen LogP contribution in [-0.4, -0.2) is 18.4 Å². The van der Waals surface area contributed by atoms with Gasteiger partial charge in [-0.2, -0.15) is 5.26 Å². The van der Waals surface area contributed by atoms with Crippen molar-refractivity contribution in [2.24, 2.45) is 5.73 Å². The molecule has 2 amide bonds. The van der Waals surface area contributed by atoms with Gasteiger partial charge in [-0.15, -0.1) is 0 Å². The molecule has 0 saturated carbocycles. The van der Waals surface area contributed by atoms with E-state index in [1.165, 1.54) is 0 Å². The summed E-state index contributed by atoms with van der Waals surface area (Å²) >= 11 is 12.5. The number of rotatable bonds is 5. The zero-order chi connectivity index (χ0) is 22.8. The minimum absolute atomic E-state index is 0.0898. The van der Waals surface area contributed by atoms with E-state index in [4.69, 9.17) is 33.7 Å². The number of benzene rings is 3.